The van der Waals surface area contributed by atoms with E-state index < -0.39 is 5.54 Å². The molecule has 0 heterocycles. The molecule has 0 saturated heterocycles. The summed E-state index contributed by atoms with van der Waals surface area (Å²) in [5.41, 5.74) is -0.815. The van der Waals surface area contributed by atoms with Crippen molar-refractivity contribution in [3.63, 3.8) is 0 Å². The Balaban J connectivity index is 2.43. The number of aliphatic imine (C=N–C) groups is 3. The van der Waals surface area contributed by atoms with Crippen LogP contribution in [-0.2, 0) is 14.4 Å². The van der Waals surface area contributed by atoms with Crippen LogP contribution < -0.4 is 0 Å². The highest BCUT2D eigenvalue weighted by Gasteiger charge is 2.51. The molecular weight excluding hydrogens is 294 g/mol. The predicted molar refractivity (Wildman–Crippen MR) is 84.3 cm³/mol. The summed E-state index contributed by atoms with van der Waals surface area (Å²) < 4.78 is 0. The van der Waals surface area contributed by atoms with Crippen LogP contribution >= 0.6 is 0 Å². The summed E-state index contributed by atoms with van der Waals surface area (Å²) in [4.78, 5) is 44.9. The van der Waals surface area contributed by atoms with Crippen LogP contribution in [0, 0.1) is 11.8 Å². The van der Waals surface area contributed by atoms with Gasteiger partial charge in [-0.15, -0.1) is 0 Å². The highest BCUT2D eigenvalue weighted by Crippen LogP contribution is 2.46. The molecule has 6 heteroatoms. The average molecular weight is 317 g/mol. The normalized spacial score (nSPS) is 32.7. The van der Waals surface area contributed by atoms with E-state index in [2.05, 4.69) is 15.0 Å². The van der Waals surface area contributed by atoms with Crippen molar-refractivity contribution in [1.29, 1.82) is 0 Å². The Kier molecular flexibility index (Phi) is 6.18. The smallest absolute Gasteiger partial charge is 0.211 e. The fraction of sp³-hybridized carbons (Fsp3) is 0.824. The fourth-order valence-corrected chi connectivity index (χ4v) is 4.41. The molecule has 2 rings (SSSR count). The van der Waals surface area contributed by atoms with Gasteiger partial charge in [0, 0.05) is 0 Å². The van der Waals surface area contributed by atoms with E-state index >= 15 is 0 Å². The van der Waals surface area contributed by atoms with Crippen LogP contribution in [0.3, 0.4) is 0 Å². The molecule has 0 bridgehead atoms. The number of hydrogen-bond donors (Lipinski definition) is 0. The van der Waals surface area contributed by atoms with Crippen molar-refractivity contribution in [3.8, 4) is 0 Å². The lowest BCUT2D eigenvalue weighted by atomic mass is 9.63. The standard InChI is InChI=1S/C17H23N3O3/c1-13-7-8-15(18-10-21)9-17(13,20-12-23)16(19-11-22)14-5-3-2-4-6-14/h13-16H,2-9H2,1H3. The first kappa shape index (κ1) is 17.5. The summed E-state index contributed by atoms with van der Waals surface area (Å²) in [5, 5.41) is 0. The van der Waals surface area contributed by atoms with Crippen LogP contribution in [0.1, 0.15) is 58.3 Å². The van der Waals surface area contributed by atoms with E-state index in [4.69, 9.17) is 0 Å². The Hall–Kier alpha value is -1.86. The first-order valence-corrected chi connectivity index (χ1v) is 8.41. The lowest BCUT2D eigenvalue weighted by molar-refractivity contribution is 0.113. The van der Waals surface area contributed by atoms with Gasteiger partial charge in [0.25, 0.3) is 0 Å². The fourth-order valence-electron chi connectivity index (χ4n) is 4.41. The van der Waals surface area contributed by atoms with Gasteiger partial charge >= 0.3 is 0 Å². The van der Waals surface area contributed by atoms with Gasteiger partial charge in [-0.3, -0.25) is 0 Å². The van der Waals surface area contributed by atoms with Crippen molar-refractivity contribution in [1.82, 2.24) is 0 Å². The van der Waals surface area contributed by atoms with Crippen LogP contribution in [0.25, 0.3) is 0 Å². The third-order valence-corrected chi connectivity index (χ3v) is 5.64. The lowest BCUT2D eigenvalue weighted by Gasteiger charge is -2.46. The zero-order valence-electron chi connectivity index (χ0n) is 13.5. The number of hydrogen-bond acceptors (Lipinski definition) is 6. The summed E-state index contributed by atoms with van der Waals surface area (Å²) >= 11 is 0. The molecule has 2 aliphatic rings. The molecule has 4 unspecified atom stereocenters. The predicted octanol–water partition coefficient (Wildman–Crippen LogP) is 2.87. The van der Waals surface area contributed by atoms with Crippen LogP contribution in [0.5, 0.6) is 0 Å². The minimum absolute atomic E-state index is 0.0751. The second-order valence-corrected chi connectivity index (χ2v) is 6.81. The van der Waals surface area contributed by atoms with Crippen LogP contribution in [0.4, 0.5) is 0 Å². The van der Waals surface area contributed by atoms with Gasteiger partial charge in [-0.1, -0.05) is 26.2 Å². The molecule has 2 fully saturated rings. The zero-order chi connectivity index (χ0) is 16.7. The van der Waals surface area contributed by atoms with Gasteiger partial charge in [0.1, 0.15) is 5.54 Å². The number of isocyanates is 3. The van der Waals surface area contributed by atoms with Gasteiger partial charge in [0.15, 0.2) is 0 Å². The van der Waals surface area contributed by atoms with Crippen molar-refractivity contribution in [2.75, 3.05) is 0 Å². The molecule has 0 spiro atoms. The second-order valence-electron chi connectivity index (χ2n) is 6.81. The molecule has 0 N–H and O–H groups in total. The highest BCUT2D eigenvalue weighted by atomic mass is 16.1. The van der Waals surface area contributed by atoms with Gasteiger partial charge < -0.3 is 0 Å². The minimum Gasteiger partial charge on any atom is -0.211 e. The third-order valence-electron chi connectivity index (χ3n) is 5.64. The molecular formula is C17H23N3O3. The third kappa shape index (κ3) is 3.73. The van der Waals surface area contributed by atoms with E-state index in [1.54, 1.807) is 18.2 Å². The summed E-state index contributed by atoms with van der Waals surface area (Å²) in [7, 11) is 0. The number of nitrogens with zero attached hydrogens (tertiary/aromatic N) is 3. The zero-order valence-corrected chi connectivity index (χ0v) is 13.5. The minimum atomic E-state index is -0.815. The van der Waals surface area contributed by atoms with Gasteiger partial charge in [-0.25, -0.2) is 19.4 Å². The monoisotopic (exact) mass is 317 g/mol. The maximum Gasteiger partial charge on any atom is 0.235 e. The molecule has 2 aliphatic carbocycles. The van der Waals surface area contributed by atoms with Gasteiger partial charge in [-0.05, 0) is 43.9 Å². The maximum atomic E-state index is 11.1. The van der Waals surface area contributed by atoms with E-state index in [-0.39, 0.29) is 23.9 Å². The molecule has 0 aromatic rings. The van der Waals surface area contributed by atoms with Crippen molar-refractivity contribution in [2.24, 2.45) is 26.8 Å². The van der Waals surface area contributed by atoms with Crippen LogP contribution in [0.2, 0.25) is 0 Å². The Bertz CT molecular complexity index is 553. The topological polar surface area (TPSA) is 88.3 Å². The largest absolute Gasteiger partial charge is 0.235 e. The van der Waals surface area contributed by atoms with Crippen molar-refractivity contribution < 1.29 is 14.4 Å². The molecule has 4 atom stereocenters. The molecule has 0 aliphatic heterocycles. The van der Waals surface area contributed by atoms with Crippen molar-refractivity contribution in [2.45, 2.75) is 75.9 Å². The van der Waals surface area contributed by atoms with E-state index in [1.807, 2.05) is 6.92 Å². The molecule has 23 heavy (non-hydrogen) atoms. The quantitative estimate of drug-likeness (QED) is 0.577. The van der Waals surface area contributed by atoms with Crippen molar-refractivity contribution >= 4 is 18.2 Å². The first-order valence-electron chi connectivity index (χ1n) is 8.41. The summed E-state index contributed by atoms with van der Waals surface area (Å²) in [6, 6.07) is -0.616. The van der Waals surface area contributed by atoms with Gasteiger partial charge in [0.05, 0.1) is 12.1 Å². The SMILES string of the molecule is CC1CCC(N=C=O)CC1(N=C=O)C(N=C=O)C1CCCCC1. The van der Waals surface area contributed by atoms with Crippen molar-refractivity contribution in [3.05, 3.63) is 0 Å². The van der Waals surface area contributed by atoms with Gasteiger partial charge in [-0.2, -0.15) is 9.98 Å². The summed E-state index contributed by atoms with van der Waals surface area (Å²) in [5.74, 6) is 0.287. The number of rotatable bonds is 5. The Morgan fingerprint density at radius 3 is 2.30 bits per heavy atom. The molecule has 124 valence electrons. The second kappa shape index (κ2) is 8.12. The highest BCUT2D eigenvalue weighted by molar-refractivity contribution is 5.39. The molecule has 0 radical (unpaired) electrons. The lowest BCUT2D eigenvalue weighted by Crippen LogP contribution is -2.53. The molecule has 0 amide bonds. The van der Waals surface area contributed by atoms with E-state index in [0.29, 0.717) is 6.42 Å². The number of carbonyl (C=O) groups excluding carboxylic acids is 3. The average Bonchev–Trinajstić information content (AvgIpc) is 2.57. The Morgan fingerprint density at radius 1 is 0.957 bits per heavy atom. The van der Waals surface area contributed by atoms with Crippen LogP contribution in [-0.4, -0.2) is 35.9 Å². The Labute approximate surface area is 136 Å². The molecule has 0 aromatic heterocycles. The molecule has 0 aromatic carbocycles. The van der Waals surface area contributed by atoms with E-state index in [9.17, 15) is 14.4 Å². The summed E-state index contributed by atoms with van der Waals surface area (Å²) in [6.45, 7) is 2.03. The Morgan fingerprint density at radius 2 is 1.70 bits per heavy atom. The first-order chi connectivity index (χ1) is 11.2. The molecule has 6 nitrogen and oxygen atoms in total. The molecule has 2 saturated carbocycles. The maximum absolute atomic E-state index is 11.1. The van der Waals surface area contributed by atoms with E-state index in [0.717, 1.165) is 38.5 Å². The summed E-state index contributed by atoms with van der Waals surface area (Å²) in [6.07, 6.45) is 12.3. The van der Waals surface area contributed by atoms with E-state index in [1.165, 1.54) is 6.42 Å². The van der Waals surface area contributed by atoms with Crippen LogP contribution in [0.15, 0.2) is 15.0 Å². The van der Waals surface area contributed by atoms with Gasteiger partial charge in [0.2, 0.25) is 18.2 Å².